The van der Waals surface area contributed by atoms with Crippen LogP contribution >= 0.6 is 0 Å². The van der Waals surface area contributed by atoms with E-state index in [0.29, 0.717) is 11.9 Å². The molecule has 1 rings (SSSR count). The van der Waals surface area contributed by atoms with Crippen LogP contribution in [0.15, 0.2) is 6.33 Å². The van der Waals surface area contributed by atoms with Gasteiger partial charge >= 0.3 is 0 Å². The summed E-state index contributed by atoms with van der Waals surface area (Å²) in [5.41, 5.74) is 0. The normalized spacial score (nSPS) is 10.8. The number of hydrogen-bond donors (Lipinski definition) is 2. The predicted molar refractivity (Wildman–Crippen MR) is 104 cm³/mol. The van der Waals surface area contributed by atoms with Crippen molar-refractivity contribution in [1.82, 2.24) is 15.0 Å². The van der Waals surface area contributed by atoms with Crippen molar-refractivity contribution >= 4 is 11.9 Å². The third-order valence-electron chi connectivity index (χ3n) is 4.20. The summed E-state index contributed by atoms with van der Waals surface area (Å²) in [6.07, 6.45) is 17.2. The van der Waals surface area contributed by atoms with E-state index in [1.807, 2.05) is 0 Å². The highest BCUT2D eigenvalue weighted by atomic mass is 15.2. The van der Waals surface area contributed by atoms with Crippen LogP contribution in [0, 0.1) is 0 Å². The van der Waals surface area contributed by atoms with Crippen LogP contribution in [0.3, 0.4) is 0 Å². The molecule has 1 heterocycles. The minimum atomic E-state index is 0.684. The van der Waals surface area contributed by atoms with E-state index in [1.54, 1.807) is 6.33 Å². The van der Waals surface area contributed by atoms with Crippen LogP contribution in [0.2, 0.25) is 0 Å². The first kappa shape index (κ1) is 20.7. The second-order valence-corrected chi connectivity index (χ2v) is 6.52. The van der Waals surface area contributed by atoms with Crippen molar-refractivity contribution in [1.29, 1.82) is 0 Å². The quantitative estimate of drug-likeness (QED) is 0.395. The number of hydrogen-bond acceptors (Lipinski definition) is 5. The Labute approximate surface area is 148 Å². The monoisotopic (exact) mass is 335 g/mol. The molecule has 0 aliphatic carbocycles. The Morgan fingerprint density at radius 2 is 1.04 bits per heavy atom. The van der Waals surface area contributed by atoms with Gasteiger partial charge < -0.3 is 10.6 Å². The van der Waals surface area contributed by atoms with Gasteiger partial charge in [-0.2, -0.15) is 4.98 Å². The minimum Gasteiger partial charge on any atom is -0.354 e. The molecule has 0 unspecified atom stereocenters. The van der Waals surface area contributed by atoms with Crippen molar-refractivity contribution in [2.24, 2.45) is 0 Å². The van der Waals surface area contributed by atoms with E-state index in [1.165, 1.54) is 77.0 Å². The topological polar surface area (TPSA) is 62.7 Å². The summed E-state index contributed by atoms with van der Waals surface area (Å²) in [6, 6.07) is 0. The van der Waals surface area contributed by atoms with Gasteiger partial charge in [-0.25, -0.2) is 9.97 Å². The summed E-state index contributed by atoms with van der Waals surface area (Å²) in [6.45, 7) is 6.38. The van der Waals surface area contributed by atoms with Crippen LogP contribution in [0.25, 0.3) is 0 Å². The minimum absolute atomic E-state index is 0.684. The Kier molecular flexibility index (Phi) is 13.0. The third kappa shape index (κ3) is 11.2. The number of rotatable bonds is 16. The van der Waals surface area contributed by atoms with Crippen LogP contribution < -0.4 is 10.6 Å². The van der Waals surface area contributed by atoms with Gasteiger partial charge in [-0.15, -0.1) is 0 Å². The average Bonchev–Trinajstić information content (AvgIpc) is 2.60. The summed E-state index contributed by atoms with van der Waals surface area (Å²) < 4.78 is 0. The van der Waals surface area contributed by atoms with Crippen molar-refractivity contribution in [2.75, 3.05) is 23.7 Å². The zero-order chi connectivity index (χ0) is 17.3. The van der Waals surface area contributed by atoms with Gasteiger partial charge in [0.2, 0.25) is 11.9 Å². The molecule has 0 saturated carbocycles. The molecule has 0 bridgehead atoms. The van der Waals surface area contributed by atoms with Gasteiger partial charge in [0.1, 0.15) is 6.33 Å². The maximum absolute atomic E-state index is 4.42. The maximum Gasteiger partial charge on any atom is 0.227 e. The molecule has 24 heavy (non-hydrogen) atoms. The van der Waals surface area contributed by atoms with Crippen LogP contribution in [-0.2, 0) is 0 Å². The molecule has 0 spiro atoms. The Balaban J connectivity index is 2.08. The van der Waals surface area contributed by atoms with E-state index in [4.69, 9.17) is 0 Å². The third-order valence-corrected chi connectivity index (χ3v) is 4.20. The highest BCUT2D eigenvalue weighted by Gasteiger charge is 2.00. The summed E-state index contributed by atoms with van der Waals surface area (Å²) in [4.78, 5) is 12.8. The lowest BCUT2D eigenvalue weighted by atomic mass is 10.1. The second-order valence-electron chi connectivity index (χ2n) is 6.52. The summed E-state index contributed by atoms with van der Waals surface area (Å²) in [7, 11) is 0. The molecule has 2 N–H and O–H groups in total. The van der Waals surface area contributed by atoms with E-state index in [2.05, 4.69) is 39.4 Å². The zero-order valence-corrected chi connectivity index (χ0v) is 15.8. The Bertz CT molecular complexity index is 364. The van der Waals surface area contributed by atoms with E-state index >= 15 is 0 Å². The van der Waals surface area contributed by atoms with Gasteiger partial charge in [-0.1, -0.05) is 78.1 Å². The lowest BCUT2D eigenvalue weighted by Gasteiger charge is -2.07. The lowest BCUT2D eigenvalue weighted by molar-refractivity contribution is 0.615. The van der Waals surface area contributed by atoms with Crippen molar-refractivity contribution in [3.05, 3.63) is 6.33 Å². The summed E-state index contributed by atoms with van der Waals surface area (Å²) >= 11 is 0. The van der Waals surface area contributed by atoms with Crippen LogP contribution in [0.4, 0.5) is 11.9 Å². The van der Waals surface area contributed by atoms with Gasteiger partial charge in [0.05, 0.1) is 0 Å². The fourth-order valence-electron chi connectivity index (χ4n) is 2.68. The molecule has 138 valence electrons. The molecule has 0 radical (unpaired) electrons. The summed E-state index contributed by atoms with van der Waals surface area (Å²) in [5.74, 6) is 1.37. The highest BCUT2D eigenvalue weighted by molar-refractivity contribution is 5.32. The Morgan fingerprint density at radius 1 is 0.625 bits per heavy atom. The molecule has 5 nitrogen and oxygen atoms in total. The first-order valence-electron chi connectivity index (χ1n) is 10.0. The van der Waals surface area contributed by atoms with Gasteiger partial charge in [0, 0.05) is 13.1 Å². The van der Waals surface area contributed by atoms with Crippen LogP contribution in [0.1, 0.15) is 90.9 Å². The standard InChI is InChI=1S/C19H37N5/c1-3-5-7-9-11-13-15-20-18-22-17-23-19(24-18)21-16-14-12-10-8-6-4-2/h17H,3-16H2,1-2H3,(H2,20,21,22,23,24). The van der Waals surface area contributed by atoms with Crippen molar-refractivity contribution in [3.8, 4) is 0 Å². The van der Waals surface area contributed by atoms with Gasteiger partial charge in [-0.3, -0.25) is 0 Å². The number of nitrogens with one attached hydrogen (secondary N) is 2. The molecule has 1 aromatic rings. The molecule has 5 heteroatoms. The smallest absolute Gasteiger partial charge is 0.227 e. The van der Waals surface area contributed by atoms with Crippen molar-refractivity contribution in [2.45, 2.75) is 90.9 Å². The second kappa shape index (κ2) is 15.2. The predicted octanol–water partition coefficient (Wildman–Crippen LogP) is 5.42. The molecular weight excluding hydrogens is 298 g/mol. The molecule has 0 atom stereocenters. The molecule has 0 amide bonds. The van der Waals surface area contributed by atoms with Crippen LogP contribution in [0.5, 0.6) is 0 Å². The molecule has 0 aromatic carbocycles. The van der Waals surface area contributed by atoms with E-state index in [0.717, 1.165) is 13.1 Å². The van der Waals surface area contributed by atoms with E-state index < -0.39 is 0 Å². The first-order chi connectivity index (χ1) is 11.9. The molecule has 0 saturated heterocycles. The van der Waals surface area contributed by atoms with Gasteiger partial charge in [0.15, 0.2) is 0 Å². The molecule has 1 aromatic heterocycles. The molecule has 0 fully saturated rings. The van der Waals surface area contributed by atoms with Crippen molar-refractivity contribution in [3.63, 3.8) is 0 Å². The summed E-state index contributed by atoms with van der Waals surface area (Å²) in [5, 5.41) is 6.60. The molecular formula is C19H37N5. The fraction of sp³-hybridized carbons (Fsp3) is 0.842. The van der Waals surface area contributed by atoms with Gasteiger partial charge in [-0.05, 0) is 12.8 Å². The lowest BCUT2D eigenvalue weighted by Crippen LogP contribution is -2.10. The number of nitrogens with zero attached hydrogens (tertiary/aromatic N) is 3. The maximum atomic E-state index is 4.42. The average molecular weight is 336 g/mol. The fourth-order valence-corrected chi connectivity index (χ4v) is 2.68. The van der Waals surface area contributed by atoms with E-state index in [-0.39, 0.29) is 0 Å². The SMILES string of the molecule is CCCCCCCCNc1ncnc(NCCCCCCCC)n1. The first-order valence-corrected chi connectivity index (χ1v) is 10.0. The number of unbranched alkanes of at least 4 members (excludes halogenated alkanes) is 10. The Hall–Kier alpha value is -1.39. The molecule has 0 aliphatic heterocycles. The van der Waals surface area contributed by atoms with Crippen LogP contribution in [-0.4, -0.2) is 28.0 Å². The Morgan fingerprint density at radius 3 is 1.50 bits per heavy atom. The highest BCUT2D eigenvalue weighted by Crippen LogP contribution is 2.08. The molecule has 0 aliphatic rings. The van der Waals surface area contributed by atoms with Gasteiger partial charge in [0.25, 0.3) is 0 Å². The largest absolute Gasteiger partial charge is 0.354 e. The van der Waals surface area contributed by atoms with E-state index in [9.17, 15) is 0 Å². The zero-order valence-electron chi connectivity index (χ0n) is 15.8. The number of aromatic nitrogens is 3. The van der Waals surface area contributed by atoms with Crippen molar-refractivity contribution < 1.29 is 0 Å². The number of anilines is 2.